The Morgan fingerprint density at radius 1 is 1.19 bits per heavy atom. The summed E-state index contributed by atoms with van der Waals surface area (Å²) >= 11 is 0. The lowest BCUT2D eigenvalue weighted by Crippen LogP contribution is -2.41. The van der Waals surface area contributed by atoms with Crippen LogP contribution in [0.15, 0.2) is 18.2 Å². The molecule has 0 N–H and O–H groups in total. The van der Waals surface area contributed by atoms with Gasteiger partial charge in [0.1, 0.15) is 0 Å². The van der Waals surface area contributed by atoms with Crippen LogP contribution in [0.2, 0.25) is 0 Å². The van der Waals surface area contributed by atoms with Crippen LogP contribution in [0.4, 0.5) is 0 Å². The van der Waals surface area contributed by atoms with Gasteiger partial charge in [0.15, 0.2) is 5.78 Å². The fourth-order valence-electron chi connectivity index (χ4n) is 2.79. The van der Waals surface area contributed by atoms with Gasteiger partial charge in [-0.2, -0.15) is 0 Å². The maximum atomic E-state index is 12.8. The van der Waals surface area contributed by atoms with Crippen LogP contribution in [-0.4, -0.2) is 29.3 Å². The second kappa shape index (κ2) is 6.74. The summed E-state index contributed by atoms with van der Waals surface area (Å²) in [5.41, 5.74) is 3.31. The zero-order valence-corrected chi connectivity index (χ0v) is 14.1. The minimum absolute atomic E-state index is 0.00152. The van der Waals surface area contributed by atoms with Crippen molar-refractivity contribution in [2.24, 2.45) is 5.92 Å². The predicted octanol–water partition coefficient (Wildman–Crippen LogP) is 4.39. The summed E-state index contributed by atoms with van der Waals surface area (Å²) in [6.45, 7) is 11.8. The maximum Gasteiger partial charge on any atom is 0.179 e. The van der Waals surface area contributed by atoms with E-state index >= 15 is 0 Å². The third-order valence-corrected chi connectivity index (χ3v) is 4.65. The van der Waals surface area contributed by atoms with E-state index in [0.717, 1.165) is 12.1 Å². The molecule has 21 heavy (non-hydrogen) atoms. The van der Waals surface area contributed by atoms with Crippen molar-refractivity contribution in [3.63, 3.8) is 0 Å². The molecule has 2 nitrogen and oxygen atoms in total. The number of benzene rings is 1. The molecule has 1 saturated carbocycles. The van der Waals surface area contributed by atoms with Crippen molar-refractivity contribution in [2.45, 2.75) is 66.0 Å². The highest BCUT2D eigenvalue weighted by Crippen LogP contribution is 2.30. The molecule has 0 aromatic heterocycles. The Morgan fingerprint density at radius 3 is 2.38 bits per heavy atom. The van der Waals surface area contributed by atoms with Gasteiger partial charge in [-0.3, -0.25) is 9.69 Å². The molecule has 1 aliphatic carbocycles. The van der Waals surface area contributed by atoms with Gasteiger partial charge in [0.2, 0.25) is 0 Å². The third kappa shape index (κ3) is 4.16. The summed E-state index contributed by atoms with van der Waals surface area (Å²) in [5.74, 6) is 0.962. The fourth-order valence-corrected chi connectivity index (χ4v) is 2.79. The Hall–Kier alpha value is -1.15. The van der Waals surface area contributed by atoms with E-state index in [-0.39, 0.29) is 11.8 Å². The average molecular weight is 287 g/mol. The van der Waals surface area contributed by atoms with Gasteiger partial charge in [0.05, 0.1) is 6.04 Å². The van der Waals surface area contributed by atoms with E-state index in [2.05, 4.69) is 45.6 Å². The smallest absolute Gasteiger partial charge is 0.179 e. The molecule has 1 unspecified atom stereocenters. The summed E-state index contributed by atoms with van der Waals surface area (Å²) in [5, 5.41) is 0. The topological polar surface area (TPSA) is 20.3 Å². The van der Waals surface area contributed by atoms with Gasteiger partial charge >= 0.3 is 0 Å². The Balaban J connectivity index is 2.09. The molecule has 1 aliphatic rings. The fraction of sp³-hybridized carbons (Fsp3) is 0.632. The van der Waals surface area contributed by atoms with E-state index in [1.54, 1.807) is 0 Å². The summed E-state index contributed by atoms with van der Waals surface area (Å²) in [4.78, 5) is 15.2. The zero-order valence-electron chi connectivity index (χ0n) is 14.1. The van der Waals surface area contributed by atoms with Gasteiger partial charge in [0.25, 0.3) is 0 Å². The molecule has 2 heteroatoms. The van der Waals surface area contributed by atoms with Crippen molar-refractivity contribution in [2.75, 3.05) is 6.54 Å². The van der Waals surface area contributed by atoms with Crippen LogP contribution in [0.25, 0.3) is 0 Å². The largest absolute Gasteiger partial charge is 0.292 e. The van der Waals surface area contributed by atoms with Crippen LogP contribution in [-0.2, 0) is 0 Å². The average Bonchev–Trinajstić information content (AvgIpc) is 3.25. The molecule has 0 bridgehead atoms. The molecule has 0 heterocycles. The summed E-state index contributed by atoms with van der Waals surface area (Å²) in [6, 6.07) is 6.72. The molecular formula is C19H29NO. The first-order chi connectivity index (χ1) is 9.90. The Bertz CT molecular complexity index is 502. The van der Waals surface area contributed by atoms with Gasteiger partial charge in [-0.1, -0.05) is 26.0 Å². The van der Waals surface area contributed by atoms with E-state index in [1.165, 1.54) is 30.4 Å². The van der Waals surface area contributed by atoms with E-state index in [0.29, 0.717) is 12.0 Å². The Morgan fingerprint density at radius 2 is 1.86 bits per heavy atom. The normalized spacial score (nSPS) is 16.5. The van der Waals surface area contributed by atoms with Gasteiger partial charge in [0, 0.05) is 11.6 Å². The van der Waals surface area contributed by atoms with Crippen LogP contribution < -0.4 is 0 Å². The van der Waals surface area contributed by atoms with E-state index in [4.69, 9.17) is 0 Å². The SMILES string of the molecule is Cc1ccc(C(=O)C(C)N(CCC(C)C)C2CC2)cc1C. The summed E-state index contributed by atoms with van der Waals surface area (Å²) < 4.78 is 0. The molecule has 0 amide bonds. The molecule has 1 aromatic rings. The highest BCUT2D eigenvalue weighted by molar-refractivity contribution is 6.00. The van der Waals surface area contributed by atoms with E-state index < -0.39 is 0 Å². The quantitative estimate of drug-likeness (QED) is 0.693. The van der Waals surface area contributed by atoms with Crippen LogP contribution in [0.3, 0.4) is 0 Å². The first-order valence-corrected chi connectivity index (χ1v) is 8.27. The van der Waals surface area contributed by atoms with Gasteiger partial charge in [-0.15, -0.1) is 0 Å². The molecule has 2 rings (SSSR count). The number of carbonyl (C=O) groups is 1. The van der Waals surface area contributed by atoms with Gasteiger partial charge in [-0.05, 0) is 69.7 Å². The van der Waals surface area contributed by atoms with Crippen molar-refractivity contribution >= 4 is 5.78 Å². The monoisotopic (exact) mass is 287 g/mol. The number of rotatable bonds is 7. The van der Waals surface area contributed by atoms with Crippen LogP contribution >= 0.6 is 0 Å². The third-order valence-electron chi connectivity index (χ3n) is 4.65. The number of Topliss-reactive ketones (excluding diaryl/α,β-unsaturated/α-hetero) is 1. The standard InChI is InChI=1S/C19H29NO/c1-13(2)10-11-20(18-8-9-18)16(5)19(21)17-7-6-14(3)15(4)12-17/h6-7,12-13,16,18H,8-11H2,1-5H3. The van der Waals surface area contributed by atoms with Crippen LogP contribution in [0.5, 0.6) is 0 Å². The molecule has 1 fully saturated rings. The minimum atomic E-state index is -0.00152. The first kappa shape index (κ1) is 16.2. The lowest BCUT2D eigenvalue weighted by molar-refractivity contribution is 0.0818. The summed E-state index contributed by atoms with van der Waals surface area (Å²) in [7, 11) is 0. The van der Waals surface area contributed by atoms with E-state index in [9.17, 15) is 4.79 Å². The molecule has 0 radical (unpaired) electrons. The maximum absolute atomic E-state index is 12.8. The summed E-state index contributed by atoms with van der Waals surface area (Å²) in [6.07, 6.45) is 3.67. The molecule has 116 valence electrons. The van der Waals surface area contributed by atoms with Crippen molar-refractivity contribution in [1.29, 1.82) is 0 Å². The van der Waals surface area contributed by atoms with Crippen LogP contribution in [0.1, 0.15) is 61.5 Å². The molecule has 1 aromatic carbocycles. The second-order valence-electron chi connectivity index (χ2n) is 6.99. The highest BCUT2D eigenvalue weighted by atomic mass is 16.1. The van der Waals surface area contributed by atoms with Gasteiger partial charge < -0.3 is 0 Å². The first-order valence-electron chi connectivity index (χ1n) is 8.27. The molecule has 0 spiro atoms. The number of carbonyl (C=O) groups excluding carboxylic acids is 1. The molecular weight excluding hydrogens is 258 g/mol. The van der Waals surface area contributed by atoms with Crippen molar-refractivity contribution in [1.82, 2.24) is 4.90 Å². The van der Waals surface area contributed by atoms with Crippen molar-refractivity contribution < 1.29 is 4.79 Å². The molecule has 0 saturated heterocycles. The van der Waals surface area contributed by atoms with Gasteiger partial charge in [-0.25, -0.2) is 0 Å². The Labute approximate surface area is 129 Å². The van der Waals surface area contributed by atoms with E-state index in [1.807, 2.05) is 12.1 Å². The number of aryl methyl sites for hydroxylation is 2. The second-order valence-corrected chi connectivity index (χ2v) is 6.99. The van der Waals surface area contributed by atoms with Crippen molar-refractivity contribution in [3.05, 3.63) is 34.9 Å². The zero-order chi connectivity index (χ0) is 15.6. The highest BCUT2D eigenvalue weighted by Gasteiger charge is 2.34. The number of hydrogen-bond acceptors (Lipinski definition) is 2. The minimum Gasteiger partial charge on any atom is -0.292 e. The van der Waals surface area contributed by atoms with Crippen molar-refractivity contribution in [3.8, 4) is 0 Å². The molecule has 0 aliphatic heterocycles. The number of ketones is 1. The number of hydrogen-bond donors (Lipinski definition) is 0. The lowest BCUT2D eigenvalue weighted by Gasteiger charge is -2.29. The number of nitrogens with zero attached hydrogens (tertiary/aromatic N) is 1. The lowest BCUT2D eigenvalue weighted by atomic mass is 9.99. The Kier molecular flexibility index (Phi) is 5.21. The molecule has 1 atom stereocenters. The predicted molar refractivity (Wildman–Crippen MR) is 88.9 cm³/mol. The van der Waals surface area contributed by atoms with Crippen LogP contribution in [0, 0.1) is 19.8 Å².